The Morgan fingerprint density at radius 1 is 0.594 bits per heavy atom. The maximum absolute atomic E-state index is 10.5. The van der Waals surface area contributed by atoms with Gasteiger partial charge in [-0.05, 0) is 18.2 Å². The Morgan fingerprint density at radius 3 is 1.19 bits per heavy atom. The van der Waals surface area contributed by atoms with Crippen LogP contribution in [0.3, 0.4) is 0 Å². The number of carboxylic acids is 1. The summed E-state index contributed by atoms with van der Waals surface area (Å²) in [5.74, 6) is -0.958. The molecule has 15 nitrogen and oxygen atoms in total. The highest BCUT2D eigenvalue weighted by atomic mass is 16.4. The second-order valence-electron chi connectivity index (χ2n) is 4.57. The summed E-state index contributed by atoms with van der Waals surface area (Å²) in [4.78, 5) is 10.5. The van der Waals surface area contributed by atoms with Gasteiger partial charge in [0.2, 0.25) is 0 Å². The van der Waals surface area contributed by atoms with Crippen molar-refractivity contribution in [3.63, 3.8) is 0 Å². The van der Waals surface area contributed by atoms with Crippen LogP contribution in [0.25, 0.3) is 11.0 Å². The molecule has 0 saturated carbocycles. The number of fused-ring (bicyclic) bond motifs is 1. The van der Waals surface area contributed by atoms with Gasteiger partial charge in [0.05, 0.1) is 71.6 Å². The summed E-state index contributed by atoms with van der Waals surface area (Å²) in [6, 6.07) is 4.58. The fourth-order valence-electron chi connectivity index (χ4n) is 0.973. The third-order valence-corrected chi connectivity index (χ3v) is 2.06. The standard InChI is InChI=1S/C7H5N3O2.5C2H6O2/c11-7(12)4-1-2-5-6(3-4)9-10-8-5;5*3-1-2-4/h1-3H,(H,11,12)(H,8,9,10);5*3-4H,1-2H2. The number of carbonyl (C=O) groups is 1. The van der Waals surface area contributed by atoms with Gasteiger partial charge in [0, 0.05) is 0 Å². The molecular weight excluding hydrogens is 438 g/mol. The molecule has 0 amide bonds. The number of nitrogens with one attached hydrogen (secondary N) is 1. The molecule has 1 aromatic heterocycles. The van der Waals surface area contributed by atoms with Crippen molar-refractivity contribution in [1.82, 2.24) is 15.4 Å². The van der Waals surface area contributed by atoms with E-state index in [1.54, 1.807) is 6.07 Å². The number of benzene rings is 1. The van der Waals surface area contributed by atoms with Gasteiger partial charge in [-0.1, -0.05) is 0 Å². The van der Waals surface area contributed by atoms with Crippen LogP contribution in [0.2, 0.25) is 0 Å². The van der Waals surface area contributed by atoms with Crippen molar-refractivity contribution < 1.29 is 61.0 Å². The van der Waals surface area contributed by atoms with Crippen LogP contribution >= 0.6 is 0 Å². The second-order valence-corrected chi connectivity index (χ2v) is 4.57. The van der Waals surface area contributed by atoms with Crippen LogP contribution in [0, 0.1) is 0 Å². The summed E-state index contributed by atoms with van der Waals surface area (Å²) in [6.45, 7) is -1.25. The monoisotopic (exact) mass is 473 g/mol. The molecule has 0 spiro atoms. The lowest BCUT2D eigenvalue weighted by molar-refractivity contribution is 0.0697. The number of aliphatic hydroxyl groups is 10. The Balaban J connectivity index is -0.000000166. The maximum atomic E-state index is 10.5. The number of carboxylic acid groups (broad SMARTS) is 1. The number of hydrogen-bond acceptors (Lipinski definition) is 13. The van der Waals surface area contributed by atoms with Crippen molar-refractivity contribution in [2.75, 3.05) is 66.1 Å². The van der Waals surface area contributed by atoms with Crippen molar-refractivity contribution in [3.8, 4) is 0 Å². The van der Waals surface area contributed by atoms with E-state index in [4.69, 9.17) is 56.2 Å². The zero-order chi connectivity index (χ0) is 25.6. The molecule has 0 unspecified atom stereocenters. The minimum Gasteiger partial charge on any atom is -0.478 e. The molecule has 1 heterocycles. The highest BCUT2D eigenvalue weighted by Gasteiger charge is 2.04. The zero-order valence-corrected chi connectivity index (χ0v) is 17.5. The van der Waals surface area contributed by atoms with Gasteiger partial charge in [-0.2, -0.15) is 15.4 Å². The number of H-pyrrole nitrogens is 1. The molecule has 0 aliphatic rings. The molecule has 0 saturated heterocycles. The highest BCUT2D eigenvalue weighted by Crippen LogP contribution is 2.09. The third kappa shape index (κ3) is 29.9. The molecule has 0 radical (unpaired) electrons. The molecule has 12 N–H and O–H groups in total. The van der Waals surface area contributed by atoms with Crippen molar-refractivity contribution in [1.29, 1.82) is 0 Å². The van der Waals surface area contributed by atoms with E-state index in [2.05, 4.69) is 15.4 Å². The minimum absolute atomic E-state index is 0.125. The Hall–Kier alpha value is -2.31. The van der Waals surface area contributed by atoms with E-state index < -0.39 is 5.97 Å². The van der Waals surface area contributed by atoms with Gasteiger partial charge in [0.15, 0.2) is 0 Å². The van der Waals surface area contributed by atoms with E-state index in [9.17, 15) is 4.79 Å². The van der Waals surface area contributed by atoms with Gasteiger partial charge >= 0.3 is 5.97 Å². The molecule has 2 aromatic rings. The van der Waals surface area contributed by atoms with Gasteiger partial charge in [0.25, 0.3) is 0 Å². The first-order valence-corrected chi connectivity index (χ1v) is 8.97. The third-order valence-electron chi connectivity index (χ3n) is 2.06. The SMILES string of the molecule is O=C(O)c1ccc2n[nH]nc2c1.OCCO.OCCO.OCCO.OCCO.OCCO. The quantitative estimate of drug-likeness (QED) is 0.188. The largest absolute Gasteiger partial charge is 0.478 e. The summed E-state index contributed by atoms with van der Waals surface area (Å²) < 4.78 is 0. The maximum Gasteiger partial charge on any atom is 0.335 e. The van der Waals surface area contributed by atoms with Crippen molar-refractivity contribution >= 4 is 17.0 Å². The minimum atomic E-state index is -0.958. The topological polar surface area (TPSA) is 281 Å². The molecule has 2 rings (SSSR count). The van der Waals surface area contributed by atoms with Gasteiger partial charge < -0.3 is 56.2 Å². The average Bonchev–Trinajstić information content (AvgIpc) is 3.32. The van der Waals surface area contributed by atoms with Crippen LogP contribution in [-0.4, -0.2) is 144 Å². The van der Waals surface area contributed by atoms with Crippen molar-refractivity contribution in [2.24, 2.45) is 0 Å². The zero-order valence-electron chi connectivity index (χ0n) is 17.5. The summed E-state index contributed by atoms with van der Waals surface area (Å²) in [5.41, 5.74) is 1.45. The Morgan fingerprint density at radius 2 is 0.906 bits per heavy atom. The fourth-order valence-corrected chi connectivity index (χ4v) is 0.973. The normalized spacial score (nSPS) is 8.56. The summed E-state index contributed by atoms with van der Waals surface area (Å²) in [7, 11) is 0. The molecule has 1 aromatic carbocycles. The number of aliphatic hydroxyl groups excluding tert-OH is 10. The number of aromatic amines is 1. The van der Waals surface area contributed by atoms with E-state index in [-0.39, 0.29) is 71.6 Å². The van der Waals surface area contributed by atoms with Gasteiger partial charge in [-0.3, -0.25) is 0 Å². The predicted octanol–water partition coefficient (Wildman–Crippen LogP) is -4.49. The van der Waals surface area contributed by atoms with Crippen LogP contribution in [0.1, 0.15) is 10.4 Å². The molecule has 190 valence electrons. The molecule has 32 heavy (non-hydrogen) atoms. The van der Waals surface area contributed by atoms with Crippen LogP contribution < -0.4 is 0 Å². The lowest BCUT2D eigenvalue weighted by atomic mass is 10.2. The average molecular weight is 473 g/mol. The first-order chi connectivity index (χ1) is 15.3. The Labute approximate surface area is 184 Å². The Kier molecular flexibility index (Phi) is 38.6. The van der Waals surface area contributed by atoms with E-state index >= 15 is 0 Å². The van der Waals surface area contributed by atoms with Crippen molar-refractivity contribution in [2.45, 2.75) is 0 Å². The number of hydrogen-bond donors (Lipinski definition) is 12. The van der Waals surface area contributed by atoms with Crippen LogP contribution in [0.4, 0.5) is 0 Å². The molecule has 0 fully saturated rings. The van der Waals surface area contributed by atoms with Gasteiger partial charge in [-0.25, -0.2) is 4.79 Å². The molecular formula is C17H35N3O12. The van der Waals surface area contributed by atoms with Gasteiger partial charge in [-0.15, -0.1) is 0 Å². The summed E-state index contributed by atoms with van der Waals surface area (Å²) >= 11 is 0. The van der Waals surface area contributed by atoms with Crippen LogP contribution in [0.5, 0.6) is 0 Å². The number of aromatic nitrogens is 3. The second kappa shape index (κ2) is 33.3. The fraction of sp³-hybridized carbons (Fsp3) is 0.588. The van der Waals surface area contributed by atoms with E-state index in [1.807, 2.05) is 0 Å². The van der Waals surface area contributed by atoms with Crippen LogP contribution in [-0.2, 0) is 0 Å². The molecule has 15 heteroatoms. The van der Waals surface area contributed by atoms with Crippen molar-refractivity contribution in [3.05, 3.63) is 23.8 Å². The smallest absolute Gasteiger partial charge is 0.335 e. The van der Waals surface area contributed by atoms with E-state index in [0.717, 1.165) is 0 Å². The van der Waals surface area contributed by atoms with E-state index in [0.29, 0.717) is 11.0 Å². The number of rotatable bonds is 6. The first-order valence-electron chi connectivity index (χ1n) is 8.97. The number of aromatic carboxylic acids is 1. The lowest BCUT2D eigenvalue weighted by Gasteiger charge is -1.90. The molecule has 0 aliphatic heterocycles. The molecule has 0 bridgehead atoms. The van der Waals surface area contributed by atoms with Gasteiger partial charge in [0.1, 0.15) is 11.0 Å². The van der Waals surface area contributed by atoms with Crippen LogP contribution in [0.15, 0.2) is 18.2 Å². The summed E-state index contributed by atoms with van der Waals surface area (Å²) in [5, 5.41) is 94.8. The first kappa shape index (κ1) is 37.0. The highest BCUT2D eigenvalue weighted by molar-refractivity contribution is 5.91. The predicted molar refractivity (Wildman–Crippen MR) is 112 cm³/mol. The Bertz CT molecular complexity index is 568. The van der Waals surface area contributed by atoms with E-state index in [1.165, 1.54) is 12.1 Å². The summed E-state index contributed by atoms with van der Waals surface area (Å²) in [6.07, 6.45) is 0. The lowest BCUT2D eigenvalue weighted by Crippen LogP contribution is -1.94. The number of nitrogens with zero attached hydrogens (tertiary/aromatic N) is 2. The molecule has 0 aliphatic carbocycles. The molecule has 0 atom stereocenters.